The largest absolute Gasteiger partial charge is 0.341 e. The van der Waals surface area contributed by atoms with E-state index in [4.69, 9.17) is 0 Å². The van der Waals surface area contributed by atoms with Crippen molar-refractivity contribution < 1.29 is 9.59 Å². The Kier molecular flexibility index (Phi) is 5.63. The maximum atomic E-state index is 13.0. The van der Waals surface area contributed by atoms with Crippen LogP contribution in [0.15, 0.2) is 47.2 Å². The standard InChI is InChI=1S/C19H24N6O2/c1-3-20-17(21-4-2)24-13-9-19(10-14-24)16(26)25(18(27)23-19)12-8-15-7-5-6-11-22-15/h3-7,11H,1,8-10,12-14H2,2H3,(H,23,27)/b20-17?,21-4-. The first-order valence-corrected chi connectivity index (χ1v) is 9.06. The van der Waals surface area contributed by atoms with Crippen molar-refractivity contribution in [3.8, 4) is 0 Å². The third kappa shape index (κ3) is 3.89. The van der Waals surface area contributed by atoms with Crippen LogP contribution in [0.3, 0.4) is 0 Å². The van der Waals surface area contributed by atoms with E-state index in [0.29, 0.717) is 44.9 Å². The van der Waals surface area contributed by atoms with Crippen LogP contribution in [0.25, 0.3) is 0 Å². The van der Waals surface area contributed by atoms with Gasteiger partial charge in [0.2, 0.25) is 5.96 Å². The minimum Gasteiger partial charge on any atom is -0.341 e. The van der Waals surface area contributed by atoms with Gasteiger partial charge in [-0.25, -0.2) is 14.8 Å². The second kappa shape index (κ2) is 8.11. The third-order valence-corrected chi connectivity index (χ3v) is 4.91. The maximum absolute atomic E-state index is 13.0. The Balaban J connectivity index is 1.64. The van der Waals surface area contributed by atoms with Crippen molar-refractivity contribution in [1.29, 1.82) is 0 Å². The van der Waals surface area contributed by atoms with E-state index in [-0.39, 0.29) is 11.9 Å². The summed E-state index contributed by atoms with van der Waals surface area (Å²) in [5.74, 6) is 0.426. The van der Waals surface area contributed by atoms with Gasteiger partial charge in [0.25, 0.3) is 5.91 Å². The number of likely N-dealkylation sites (tertiary alicyclic amines) is 1. The molecule has 8 nitrogen and oxygen atoms in total. The number of amides is 3. The average molecular weight is 368 g/mol. The molecule has 1 aromatic rings. The fraction of sp³-hybridized carbons (Fsp3) is 0.421. The van der Waals surface area contributed by atoms with Gasteiger partial charge in [-0.2, -0.15) is 0 Å². The molecule has 0 aliphatic carbocycles. The van der Waals surface area contributed by atoms with Gasteiger partial charge in [0.1, 0.15) is 5.54 Å². The minimum absolute atomic E-state index is 0.149. The number of hydrogen-bond acceptors (Lipinski definition) is 4. The Morgan fingerprint density at radius 3 is 2.78 bits per heavy atom. The Morgan fingerprint density at radius 2 is 2.15 bits per heavy atom. The Morgan fingerprint density at radius 1 is 1.37 bits per heavy atom. The van der Waals surface area contributed by atoms with E-state index in [1.807, 2.05) is 30.0 Å². The smallest absolute Gasteiger partial charge is 0.325 e. The Labute approximate surface area is 158 Å². The first-order valence-electron chi connectivity index (χ1n) is 9.06. The second-order valence-corrected chi connectivity index (χ2v) is 6.53. The molecule has 3 rings (SSSR count). The third-order valence-electron chi connectivity index (χ3n) is 4.91. The number of imide groups is 1. The molecule has 2 saturated heterocycles. The lowest BCUT2D eigenvalue weighted by atomic mass is 9.87. The molecule has 0 atom stereocenters. The molecule has 2 fully saturated rings. The first kappa shape index (κ1) is 18.8. The monoisotopic (exact) mass is 368 g/mol. The van der Waals surface area contributed by atoms with Crippen LogP contribution in [0.2, 0.25) is 0 Å². The predicted octanol–water partition coefficient (Wildman–Crippen LogP) is 1.60. The molecular weight excluding hydrogens is 344 g/mol. The molecule has 3 amide bonds. The summed E-state index contributed by atoms with van der Waals surface area (Å²) in [6.45, 7) is 6.94. The first-order chi connectivity index (χ1) is 13.1. The van der Waals surface area contributed by atoms with Crippen molar-refractivity contribution in [3.05, 3.63) is 42.9 Å². The van der Waals surface area contributed by atoms with Crippen LogP contribution in [-0.4, -0.2) is 64.1 Å². The summed E-state index contributed by atoms with van der Waals surface area (Å²) in [5.41, 5.74) is 0.0315. The predicted molar refractivity (Wildman–Crippen MR) is 104 cm³/mol. The number of carbonyl (C=O) groups is 2. The zero-order valence-electron chi connectivity index (χ0n) is 15.5. The van der Waals surface area contributed by atoms with Gasteiger partial charge in [-0.15, -0.1) is 0 Å². The number of nitrogens with one attached hydrogen (secondary N) is 1. The van der Waals surface area contributed by atoms with Crippen LogP contribution in [0, 0.1) is 0 Å². The highest BCUT2D eigenvalue weighted by Crippen LogP contribution is 2.30. The lowest BCUT2D eigenvalue weighted by Crippen LogP contribution is -2.55. The fourth-order valence-corrected chi connectivity index (χ4v) is 3.47. The SMILES string of the molecule is C=CN=C(/N=C\C)N1CCC2(CC1)NC(=O)N(CCc1ccccn1)C2=O. The molecule has 0 bridgehead atoms. The van der Waals surface area contributed by atoms with Gasteiger partial charge in [-0.1, -0.05) is 12.6 Å². The zero-order chi connectivity index (χ0) is 19.3. The Hall–Kier alpha value is -3.03. The molecule has 1 aromatic heterocycles. The summed E-state index contributed by atoms with van der Waals surface area (Å²) in [5, 5.41) is 2.92. The number of hydrogen-bond donors (Lipinski definition) is 1. The van der Waals surface area contributed by atoms with Crippen molar-refractivity contribution in [2.45, 2.75) is 31.7 Å². The number of guanidine groups is 1. The van der Waals surface area contributed by atoms with Crippen molar-refractivity contribution in [1.82, 2.24) is 20.1 Å². The van der Waals surface area contributed by atoms with Gasteiger partial charge < -0.3 is 10.2 Å². The van der Waals surface area contributed by atoms with Crippen LogP contribution in [0.4, 0.5) is 4.79 Å². The molecule has 1 spiro atoms. The number of pyridine rings is 1. The van der Waals surface area contributed by atoms with E-state index in [2.05, 4.69) is 26.9 Å². The molecular formula is C19H24N6O2. The van der Waals surface area contributed by atoms with Gasteiger partial charge in [0.15, 0.2) is 0 Å². The number of aromatic nitrogens is 1. The Bertz CT molecular complexity index is 766. The summed E-state index contributed by atoms with van der Waals surface area (Å²) in [7, 11) is 0. The van der Waals surface area contributed by atoms with E-state index in [0.717, 1.165) is 5.69 Å². The van der Waals surface area contributed by atoms with E-state index in [1.54, 1.807) is 12.4 Å². The summed E-state index contributed by atoms with van der Waals surface area (Å²) in [4.78, 5) is 41.4. The number of aliphatic imine (C=N–C) groups is 2. The second-order valence-electron chi connectivity index (χ2n) is 6.53. The van der Waals surface area contributed by atoms with Crippen molar-refractivity contribution in [2.75, 3.05) is 19.6 Å². The lowest BCUT2D eigenvalue weighted by molar-refractivity contribution is -0.132. The highest BCUT2D eigenvalue weighted by atomic mass is 16.2. The molecule has 2 aliphatic heterocycles. The van der Waals surface area contributed by atoms with Crippen molar-refractivity contribution in [3.63, 3.8) is 0 Å². The van der Waals surface area contributed by atoms with Crippen LogP contribution >= 0.6 is 0 Å². The highest BCUT2D eigenvalue weighted by Gasteiger charge is 2.52. The number of urea groups is 1. The zero-order valence-corrected chi connectivity index (χ0v) is 15.5. The van der Waals surface area contributed by atoms with Crippen LogP contribution in [0.1, 0.15) is 25.5 Å². The fourth-order valence-electron chi connectivity index (χ4n) is 3.47. The van der Waals surface area contributed by atoms with E-state index in [9.17, 15) is 9.59 Å². The van der Waals surface area contributed by atoms with Gasteiger partial charge in [0, 0.05) is 50.4 Å². The topological polar surface area (TPSA) is 90.3 Å². The van der Waals surface area contributed by atoms with Gasteiger partial charge in [-0.05, 0) is 31.9 Å². The maximum Gasteiger partial charge on any atom is 0.325 e. The molecule has 2 aliphatic rings. The summed E-state index contributed by atoms with van der Waals surface area (Å²) < 4.78 is 0. The number of nitrogens with zero attached hydrogens (tertiary/aromatic N) is 5. The molecule has 0 unspecified atom stereocenters. The molecule has 0 radical (unpaired) electrons. The van der Waals surface area contributed by atoms with Crippen molar-refractivity contribution in [2.24, 2.45) is 9.98 Å². The van der Waals surface area contributed by atoms with Crippen LogP contribution in [0.5, 0.6) is 0 Å². The molecule has 0 saturated carbocycles. The molecule has 142 valence electrons. The average Bonchev–Trinajstić information content (AvgIpc) is 2.91. The lowest BCUT2D eigenvalue weighted by Gasteiger charge is -2.37. The van der Waals surface area contributed by atoms with E-state index in [1.165, 1.54) is 11.1 Å². The highest BCUT2D eigenvalue weighted by molar-refractivity contribution is 6.07. The summed E-state index contributed by atoms with van der Waals surface area (Å²) >= 11 is 0. The summed E-state index contributed by atoms with van der Waals surface area (Å²) in [6.07, 6.45) is 6.42. The normalized spacial score (nSPS) is 19.8. The molecule has 0 aromatic carbocycles. The molecule has 8 heteroatoms. The molecule has 27 heavy (non-hydrogen) atoms. The number of piperidine rings is 1. The minimum atomic E-state index is -0.826. The number of carbonyl (C=O) groups excluding carboxylic acids is 2. The van der Waals surface area contributed by atoms with Gasteiger partial charge in [-0.3, -0.25) is 14.7 Å². The van der Waals surface area contributed by atoms with Crippen LogP contribution in [-0.2, 0) is 11.2 Å². The molecule has 3 heterocycles. The molecule has 1 N–H and O–H groups in total. The number of rotatable bonds is 4. The van der Waals surface area contributed by atoms with Gasteiger partial charge in [0.05, 0.1) is 0 Å². The van der Waals surface area contributed by atoms with Crippen molar-refractivity contribution >= 4 is 24.1 Å². The van der Waals surface area contributed by atoms with E-state index < -0.39 is 5.54 Å². The summed E-state index contributed by atoms with van der Waals surface area (Å²) in [6, 6.07) is 5.30. The van der Waals surface area contributed by atoms with Gasteiger partial charge >= 0.3 is 6.03 Å². The van der Waals surface area contributed by atoms with E-state index >= 15 is 0 Å². The van der Waals surface area contributed by atoms with Crippen LogP contribution < -0.4 is 5.32 Å². The quantitative estimate of drug-likeness (QED) is 0.497.